The first kappa shape index (κ1) is 56.8. The zero-order valence-corrected chi connectivity index (χ0v) is 40.7. The molecule has 3 nitrogen and oxygen atoms in total. The minimum absolute atomic E-state index is 0.232. The van der Waals surface area contributed by atoms with Crippen LogP contribution in [0.15, 0.2) is 67.3 Å². The summed E-state index contributed by atoms with van der Waals surface area (Å²) in [4.78, 5) is 0. The molecule has 0 aliphatic heterocycles. The van der Waals surface area contributed by atoms with Crippen LogP contribution in [0, 0.1) is 0 Å². The van der Waals surface area contributed by atoms with Crippen LogP contribution in [-0.4, -0.2) is 22.4 Å². The Morgan fingerprint density at radius 1 is 0.475 bits per heavy atom. The van der Waals surface area contributed by atoms with Crippen LogP contribution in [0.25, 0.3) is 0 Å². The van der Waals surface area contributed by atoms with Gasteiger partial charge in [-0.1, -0.05) is 243 Å². The van der Waals surface area contributed by atoms with Crippen LogP contribution in [0.3, 0.4) is 0 Å². The number of aliphatic hydroxyl groups is 1. The summed E-state index contributed by atoms with van der Waals surface area (Å²) in [6, 6.07) is 5.59. The fraction of sp³-hybridized carbons (Fsp3) is 0.759. The van der Waals surface area contributed by atoms with Gasteiger partial charge in [-0.25, -0.2) is 0 Å². The van der Waals surface area contributed by atoms with Crippen LogP contribution in [-0.2, 0) is 6.42 Å². The van der Waals surface area contributed by atoms with Gasteiger partial charge in [-0.15, -0.1) is 0 Å². The molecule has 2 unspecified atom stereocenters. The summed E-state index contributed by atoms with van der Waals surface area (Å²) in [5.74, 6) is 0.860. The van der Waals surface area contributed by atoms with E-state index in [9.17, 15) is 10.2 Å². The van der Waals surface area contributed by atoms with Crippen LogP contribution in [0.4, 0.5) is 0 Å². The van der Waals surface area contributed by atoms with Gasteiger partial charge in [0.1, 0.15) is 17.6 Å². The number of ether oxygens (including phenoxy) is 1. The number of aryl methyl sites for hydroxylation is 1. The number of hydrogen-bond acceptors (Lipinski definition) is 3. The van der Waals surface area contributed by atoms with Crippen molar-refractivity contribution in [3.8, 4) is 11.5 Å². The number of hydrogen-bond donors (Lipinski definition) is 2. The summed E-state index contributed by atoms with van der Waals surface area (Å²) in [6.45, 7) is 8.39. The van der Waals surface area contributed by atoms with Gasteiger partial charge in [-0.05, 0) is 94.4 Å². The normalized spacial score (nSPS) is 13.0. The third-order valence-electron chi connectivity index (χ3n) is 12.5. The average molecular weight is 847 g/mol. The monoisotopic (exact) mass is 847 g/mol. The van der Waals surface area contributed by atoms with Gasteiger partial charge in [0.15, 0.2) is 0 Å². The molecule has 352 valence electrons. The van der Waals surface area contributed by atoms with Crippen molar-refractivity contribution in [3.63, 3.8) is 0 Å². The van der Waals surface area contributed by atoms with E-state index in [0.29, 0.717) is 12.2 Å². The molecule has 0 aliphatic carbocycles. The topological polar surface area (TPSA) is 49.7 Å². The van der Waals surface area contributed by atoms with E-state index in [1.807, 2.05) is 24.3 Å². The van der Waals surface area contributed by atoms with Crippen molar-refractivity contribution in [2.45, 2.75) is 283 Å². The fourth-order valence-corrected chi connectivity index (χ4v) is 8.56. The Morgan fingerprint density at radius 3 is 1.23 bits per heavy atom. The lowest BCUT2D eigenvalue weighted by Gasteiger charge is -2.22. The number of phenolic OH excluding ortho intramolecular Hbond substituents is 1. The lowest BCUT2D eigenvalue weighted by atomic mass is 10.0. The van der Waals surface area contributed by atoms with E-state index in [0.717, 1.165) is 31.2 Å². The van der Waals surface area contributed by atoms with E-state index in [1.54, 1.807) is 12.1 Å². The van der Waals surface area contributed by atoms with E-state index in [1.165, 1.54) is 225 Å². The molecule has 0 heterocycles. The molecule has 0 amide bonds. The highest BCUT2D eigenvalue weighted by atomic mass is 16.5. The lowest BCUT2D eigenvalue weighted by Crippen LogP contribution is -2.30. The first-order valence-electron chi connectivity index (χ1n) is 26.9. The van der Waals surface area contributed by atoms with Gasteiger partial charge in [-0.2, -0.15) is 0 Å². The number of allylic oxidation sites excluding steroid dienone is 6. The largest absolute Gasteiger partial charge is 0.508 e. The highest BCUT2D eigenvalue weighted by Crippen LogP contribution is 2.26. The Labute approximate surface area is 380 Å². The molecule has 0 bridgehead atoms. The van der Waals surface area contributed by atoms with Crippen molar-refractivity contribution in [2.75, 3.05) is 0 Å². The van der Waals surface area contributed by atoms with Crippen LogP contribution in [0.2, 0.25) is 0 Å². The van der Waals surface area contributed by atoms with Crippen molar-refractivity contribution in [3.05, 3.63) is 72.9 Å². The molecule has 0 aliphatic rings. The summed E-state index contributed by atoms with van der Waals surface area (Å²) in [5, 5.41) is 21.6. The van der Waals surface area contributed by atoms with Crippen LogP contribution in [0.5, 0.6) is 11.5 Å². The molecule has 0 aromatic heterocycles. The van der Waals surface area contributed by atoms with Gasteiger partial charge < -0.3 is 14.9 Å². The first-order valence-corrected chi connectivity index (χ1v) is 26.9. The maximum atomic E-state index is 11.1. The SMILES string of the molecule is C=C/C=C\C(Oc1cc(O)cc(CCCCCCCCCCCCCCC/C=C/CCCCCCCC)c1)C(O)CCCCCCCCCCC/C=C/CCCCCCCC. The first-order chi connectivity index (χ1) is 30.1. The van der Waals surface area contributed by atoms with E-state index < -0.39 is 12.2 Å². The van der Waals surface area contributed by atoms with E-state index in [2.05, 4.69) is 44.7 Å². The summed E-state index contributed by atoms with van der Waals surface area (Å²) in [5.41, 5.74) is 1.10. The van der Waals surface area contributed by atoms with Crippen molar-refractivity contribution < 1.29 is 14.9 Å². The van der Waals surface area contributed by atoms with Gasteiger partial charge >= 0.3 is 0 Å². The summed E-state index contributed by atoms with van der Waals surface area (Å²) < 4.78 is 6.29. The standard InChI is InChI=1S/C58H102O3/c1-4-7-10-12-14-16-18-20-22-24-26-27-28-29-31-32-34-36-38-40-42-44-46-48-54-51-55(59)53-56(52-54)61-58(50-9-6-3)57(60)49-47-45-43-41-39-37-35-33-30-25-23-21-19-17-15-13-11-8-5-2/h6,9,20-23,50-53,57-60H,3-5,7-8,10-19,24-49H2,1-2H3/b22-20+,23-21+,50-9-. The van der Waals surface area contributed by atoms with E-state index in [-0.39, 0.29) is 5.75 Å². The fourth-order valence-electron chi connectivity index (χ4n) is 8.56. The summed E-state index contributed by atoms with van der Waals surface area (Å²) in [7, 11) is 0. The van der Waals surface area contributed by atoms with Gasteiger partial charge in [0.05, 0.1) is 6.10 Å². The molecule has 61 heavy (non-hydrogen) atoms. The third kappa shape index (κ3) is 39.1. The quantitative estimate of drug-likeness (QED) is 0.0390. The van der Waals surface area contributed by atoms with Gasteiger partial charge in [0.2, 0.25) is 0 Å². The smallest absolute Gasteiger partial charge is 0.143 e. The molecule has 0 spiro atoms. The lowest BCUT2D eigenvalue weighted by molar-refractivity contribution is 0.0557. The molecule has 1 aromatic rings. The Hall–Kier alpha value is -2.26. The summed E-state index contributed by atoms with van der Waals surface area (Å²) in [6.07, 6.45) is 66.3. The molecule has 1 rings (SSSR count). The minimum Gasteiger partial charge on any atom is -0.508 e. The average Bonchev–Trinajstić information content (AvgIpc) is 3.26. The summed E-state index contributed by atoms with van der Waals surface area (Å²) >= 11 is 0. The number of rotatable bonds is 47. The molecule has 1 aromatic carbocycles. The Morgan fingerprint density at radius 2 is 0.836 bits per heavy atom. The van der Waals surface area contributed by atoms with Crippen molar-refractivity contribution in [1.29, 1.82) is 0 Å². The third-order valence-corrected chi connectivity index (χ3v) is 12.5. The predicted octanol–water partition coefficient (Wildman–Crippen LogP) is 19.2. The van der Waals surface area contributed by atoms with Gasteiger partial charge in [-0.3, -0.25) is 0 Å². The molecular weight excluding hydrogens is 745 g/mol. The highest BCUT2D eigenvalue weighted by molar-refractivity contribution is 5.38. The van der Waals surface area contributed by atoms with Crippen molar-refractivity contribution in [1.82, 2.24) is 0 Å². The van der Waals surface area contributed by atoms with Crippen molar-refractivity contribution >= 4 is 0 Å². The second-order valence-electron chi connectivity index (χ2n) is 18.6. The number of phenols is 1. The Balaban J connectivity index is 2.09. The molecular formula is C58H102O3. The van der Waals surface area contributed by atoms with Crippen LogP contribution < -0.4 is 4.74 Å². The number of benzene rings is 1. The highest BCUT2D eigenvalue weighted by Gasteiger charge is 2.19. The van der Waals surface area contributed by atoms with Crippen LogP contribution in [0.1, 0.15) is 270 Å². The number of aromatic hydroxyl groups is 1. The van der Waals surface area contributed by atoms with Gasteiger partial charge in [0.25, 0.3) is 0 Å². The predicted molar refractivity (Wildman–Crippen MR) is 271 cm³/mol. The molecule has 2 N–H and O–H groups in total. The molecule has 0 radical (unpaired) electrons. The van der Waals surface area contributed by atoms with Crippen LogP contribution >= 0.6 is 0 Å². The molecule has 0 saturated heterocycles. The molecule has 0 fully saturated rings. The van der Waals surface area contributed by atoms with E-state index in [4.69, 9.17) is 4.74 Å². The molecule has 3 heteroatoms. The zero-order valence-electron chi connectivity index (χ0n) is 40.7. The molecule has 0 saturated carbocycles. The Bertz CT molecular complexity index is 1150. The van der Waals surface area contributed by atoms with Gasteiger partial charge in [0, 0.05) is 6.07 Å². The Kier molecular flexibility index (Phi) is 42.6. The minimum atomic E-state index is -0.594. The maximum Gasteiger partial charge on any atom is 0.143 e. The number of aliphatic hydroxyl groups excluding tert-OH is 1. The van der Waals surface area contributed by atoms with E-state index >= 15 is 0 Å². The number of unbranched alkanes of at least 4 members (excludes halogenated alkanes) is 34. The van der Waals surface area contributed by atoms with Crippen molar-refractivity contribution in [2.24, 2.45) is 0 Å². The second-order valence-corrected chi connectivity index (χ2v) is 18.6. The zero-order chi connectivity index (χ0) is 43.9. The second kappa shape index (κ2) is 45.8. The maximum absolute atomic E-state index is 11.1. The molecule has 2 atom stereocenters.